The Balaban J connectivity index is 2.20. The van der Waals surface area contributed by atoms with E-state index < -0.39 is 5.91 Å². The van der Waals surface area contributed by atoms with E-state index in [0.717, 1.165) is 9.77 Å². The number of anilines is 1. The number of pyridine rings is 1. The zero-order valence-corrected chi connectivity index (χ0v) is 13.0. The molecular weight excluding hydrogens is 402 g/mol. The van der Waals surface area contributed by atoms with Gasteiger partial charge < -0.3 is 10.5 Å². The van der Waals surface area contributed by atoms with Crippen molar-refractivity contribution in [1.82, 2.24) is 0 Å². The Morgan fingerprint density at radius 2 is 2.00 bits per heavy atom. The number of carbonyl (C=O) groups excluding carboxylic acids is 1. The second kappa shape index (κ2) is 5.94. The lowest BCUT2D eigenvalue weighted by atomic mass is 10.2. The zero-order valence-electron chi connectivity index (χ0n) is 9.36. The van der Waals surface area contributed by atoms with Gasteiger partial charge in [0.05, 0.1) is 5.02 Å². The number of nitrogens with one attached hydrogen (secondary N) is 1. The molecule has 4 nitrogen and oxygen atoms in total. The molecule has 0 unspecified atom stereocenters. The smallest absolute Gasteiger partial charge is 0.286 e. The van der Waals surface area contributed by atoms with E-state index >= 15 is 0 Å². The minimum Gasteiger partial charge on any atom is -0.618 e. The summed E-state index contributed by atoms with van der Waals surface area (Å²) in [4.78, 5) is 11.9. The number of hydrogen-bond donors (Lipinski definition) is 1. The molecule has 0 spiro atoms. The Hall–Kier alpha value is -1.05. The van der Waals surface area contributed by atoms with Crippen LogP contribution in [0.4, 0.5) is 5.69 Å². The highest BCUT2D eigenvalue weighted by atomic mass is 127. The van der Waals surface area contributed by atoms with Gasteiger partial charge in [0.15, 0.2) is 6.20 Å². The van der Waals surface area contributed by atoms with Gasteiger partial charge in [0.25, 0.3) is 11.1 Å². The summed E-state index contributed by atoms with van der Waals surface area (Å²) >= 11 is 13.6. The van der Waals surface area contributed by atoms with Gasteiger partial charge in [0.1, 0.15) is 5.56 Å². The largest absolute Gasteiger partial charge is 0.618 e. The van der Waals surface area contributed by atoms with E-state index in [9.17, 15) is 10.0 Å². The van der Waals surface area contributed by atoms with Crippen LogP contribution in [0.15, 0.2) is 36.5 Å². The molecule has 1 aromatic carbocycles. The van der Waals surface area contributed by atoms with E-state index in [4.69, 9.17) is 23.2 Å². The standard InChI is InChI=1S/C12H7Cl2IN2O2/c13-9-5-8(2-3-10(9)15)16-12(18)7-1-4-11(14)17(19)6-7/h1-6H,(H,16,18). The maximum atomic E-state index is 11.9. The molecule has 98 valence electrons. The van der Waals surface area contributed by atoms with Crippen molar-refractivity contribution in [2.75, 3.05) is 5.32 Å². The lowest BCUT2D eigenvalue weighted by Crippen LogP contribution is -2.29. The monoisotopic (exact) mass is 408 g/mol. The van der Waals surface area contributed by atoms with Gasteiger partial charge in [-0.3, -0.25) is 4.79 Å². The summed E-state index contributed by atoms with van der Waals surface area (Å²) in [5.41, 5.74) is 0.775. The first-order chi connectivity index (χ1) is 8.97. The molecule has 1 N–H and O–H groups in total. The Bertz CT molecular complexity index is 650. The van der Waals surface area contributed by atoms with Gasteiger partial charge in [-0.1, -0.05) is 11.6 Å². The maximum Gasteiger partial charge on any atom is 0.286 e. The molecule has 0 aliphatic rings. The van der Waals surface area contributed by atoms with Crippen molar-refractivity contribution in [1.29, 1.82) is 0 Å². The summed E-state index contributed by atoms with van der Waals surface area (Å²) in [5.74, 6) is -0.404. The topological polar surface area (TPSA) is 56.0 Å². The van der Waals surface area contributed by atoms with Gasteiger partial charge in [-0.2, -0.15) is 4.73 Å². The van der Waals surface area contributed by atoms with Gasteiger partial charge in [0, 0.05) is 15.3 Å². The van der Waals surface area contributed by atoms with E-state index in [-0.39, 0.29) is 10.7 Å². The molecule has 0 radical (unpaired) electrons. The van der Waals surface area contributed by atoms with Gasteiger partial charge in [-0.25, -0.2) is 0 Å². The van der Waals surface area contributed by atoms with Gasteiger partial charge in [-0.15, -0.1) is 0 Å². The highest BCUT2D eigenvalue weighted by Gasteiger charge is 2.12. The summed E-state index contributed by atoms with van der Waals surface area (Å²) < 4.78 is 1.32. The fraction of sp³-hybridized carbons (Fsp3) is 0. The third-order valence-corrected chi connectivity index (χ3v) is 4.17. The van der Waals surface area contributed by atoms with E-state index in [2.05, 4.69) is 27.9 Å². The van der Waals surface area contributed by atoms with E-state index in [0.29, 0.717) is 15.4 Å². The normalized spacial score (nSPS) is 10.3. The third-order valence-electron chi connectivity index (χ3n) is 2.31. The molecule has 1 aromatic heterocycles. The van der Waals surface area contributed by atoms with Crippen molar-refractivity contribution in [2.45, 2.75) is 0 Å². The molecule has 0 saturated heterocycles. The fourth-order valence-electron chi connectivity index (χ4n) is 1.37. The first kappa shape index (κ1) is 14.4. The molecule has 0 aliphatic heterocycles. The predicted molar refractivity (Wildman–Crippen MR) is 82.5 cm³/mol. The molecular formula is C12H7Cl2IN2O2. The van der Waals surface area contributed by atoms with Crippen molar-refractivity contribution in [2.24, 2.45) is 0 Å². The third kappa shape index (κ3) is 3.49. The molecule has 0 aliphatic carbocycles. The number of rotatable bonds is 2. The van der Waals surface area contributed by atoms with Crippen molar-refractivity contribution < 1.29 is 9.52 Å². The molecule has 19 heavy (non-hydrogen) atoms. The van der Waals surface area contributed by atoms with Crippen LogP contribution in [0, 0.1) is 8.78 Å². The van der Waals surface area contributed by atoms with Crippen LogP contribution in [0.25, 0.3) is 0 Å². The molecule has 0 fully saturated rings. The molecule has 1 heterocycles. The van der Waals surface area contributed by atoms with Gasteiger partial charge in [0.2, 0.25) is 0 Å². The van der Waals surface area contributed by atoms with E-state index in [1.807, 2.05) is 0 Å². The highest BCUT2D eigenvalue weighted by molar-refractivity contribution is 14.1. The average Bonchev–Trinajstić information content (AvgIpc) is 2.37. The van der Waals surface area contributed by atoms with Crippen LogP contribution >= 0.6 is 45.8 Å². The molecule has 2 rings (SSSR count). The molecule has 1 amide bonds. The number of halogens is 3. The van der Waals surface area contributed by atoms with Crippen molar-refractivity contribution in [3.63, 3.8) is 0 Å². The van der Waals surface area contributed by atoms with Gasteiger partial charge >= 0.3 is 0 Å². The summed E-state index contributed by atoms with van der Waals surface area (Å²) in [6.45, 7) is 0. The number of aromatic nitrogens is 1. The van der Waals surface area contributed by atoms with Crippen molar-refractivity contribution in [3.8, 4) is 0 Å². The molecule has 2 aromatic rings. The van der Waals surface area contributed by atoms with Crippen molar-refractivity contribution >= 4 is 57.4 Å². The van der Waals surface area contributed by atoms with E-state index in [1.54, 1.807) is 18.2 Å². The predicted octanol–water partition coefficient (Wildman–Crippen LogP) is 3.48. The van der Waals surface area contributed by atoms with Crippen LogP contribution in [-0.4, -0.2) is 5.91 Å². The summed E-state index contributed by atoms with van der Waals surface area (Å²) in [7, 11) is 0. The van der Waals surface area contributed by atoms with Crippen molar-refractivity contribution in [3.05, 3.63) is 61.0 Å². The van der Waals surface area contributed by atoms with Crippen LogP contribution in [0.2, 0.25) is 10.2 Å². The molecule has 0 atom stereocenters. The van der Waals surface area contributed by atoms with Crippen LogP contribution in [-0.2, 0) is 0 Å². The van der Waals surface area contributed by atoms with Crippen LogP contribution < -0.4 is 10.0 Å². The Kier molecular flexibility index (Phi) is 4.49. The average molecular weight is 409 g/mol. The van der Waals surface area contributed by atoms with Crippen LogP contribution in [0.3, 0.4) is 0 Å². The fourth-order valence-corrected chi connectivity index (χ4v) is 2.00. The Morgan fingerprint density at radius 3 is 2.63 bits per heavy atom. The first-order valence-electron chi connectivity index (χ1n) is 5.12. The second-order valence-electron chi connectivity index (χ2n) is 3.65. The summed E-state index contributed by atoms with van der Waals surface area (Å²) in [6, 6.07) is 7.99. The molecule has 7 heteroatoms. The molecule has 0 saturated carbocycles. The number of benzene rings is 1. The number of nitrogens with zero attached hydrogens (tertiary/aromatic N) is 1. The first-order valence-corrected chi connectivity index (χ1v) is 6.96. The number of carbonyl (C=O) groups is 1. The second-order valence-corrected chi connectivity index (χ2v) is 5.61. The summed E-state index contributed by atoms with van der Waals surface area (Å²) in [6.07, 6.45) is 1.12. The SMILES string of the molecule is O=C(Nc1ccc(I)c(Cl)c1)c1ccc(Cl)[n+]([O-])c1. The lowest BCUT2D eigenvalue weighted by molar-refractivity contribution is -0.603. The van der Waals surface area contributed by atoms with E-state index in [1.165, 1.54) is 12.1 Å². The quantitative estimate of drug-likeness (QED) is 0.358. The van der Waals surface area contributed by atoms with Crippen LogP contribution in [0.1, 0.15) is 10.4 Å². The minimum absolute atomic E-state index is 0.00820. The number of amides is 1. The zero-order chi connectivity index (χ0) is 14.0. The molecule has 0 bridgehead atoms. The summed E-state index contributed by atoms with van der Waals surface area (Å²) in [5, 5.41) is 14.5. The Morgan fingerprint density at radius 1 is 1.26 bits per heavy atom. The van der Waals surface area contributed by atoms with Gasteiger partial charge in [-0.05, 0) is 58.5 Å². The highest BCUT2D eigenvalue weighted by Crippen LogP contribution is 2.22. The minimum atomic E-state index is -0.404. The number of hydrogen-bond acceptors (Lipinski definition) is 2. The lowest BCUT2D eigenvalue weighted by Gasteiger charge is -2.06. The van der Waals surface area contributed by atoms with Crippen LogP contribution in [0.5, 0.6) is 0 Å². The maximum absolute atomic E-state index is 11.9. The Labute approximate surface area is 133 Å².